The Hall–Kier alpha value is 0.280. The molecule has 1 rings (SSSR count). The van der Waals surface area contributed by atoms with E-state index in [0.717, 1.165) is 17.3 Å². The van der Waals surface area contributed by atoms with Gasteiger partial charge in [-0.2, -0.15) is 0 Å². The predicted molar refractivity (Wildman–Crippen MR) is 63.3 cm³/mol. The maximum absolute atomic E-state index is 6.08. The lowest BCUT2D eigenvalue weighted by Crippen LogP contribution is -1.95. The van der Waals surface area contributed by atoms with Crippen LogP contribution in [0.3, 0.4) is 0 Å². The molecule has 1 aromatic carbocycles. The molecular formula is C10H11BrCl2. The Morgan fingerprint density at radius 1 is 1.38 bits per heavy atom. The van der Waals surface area contributed by atoms with Crippen molar-refractivity contribution in [3.8, 4) is 0 Å². The van der Waals surface area contributed by atoms with E-state index in [9.17, 15) is 0 Å². The van der Waals surface area contributed by atoms with Gasteiger partial charge in [-0.15, -0.1) is 0 Å². The zero-order chi connectivity index (χ0) is 9.84. The number of halogens is 3. The summed E-state index contributed by atoms with van der Waals surface area (Å²) in [4.78, 5) is 0. The summed E-state index contributed by atoms with van der Waals surface area (Å²) in [5.41, 5.74) is 1.13. The van der Waals surface area contributed by atoms with E-state index in [0.29, 0.717) is 16.0 Å². The molecule has 3 heteroatoms. The van der Waals surface area contributed by atoms with Crippen molar-refractivity contribution in [2.75, 3.05) is 5.33 Å². The highest BCUT2D eigenvalue weighted by molar-refractivity contribution is 9.09. The number of alkyl halides is 1. The summed E-state index contributed by atoms with van der Waals surface area (Å²) in [5.74, 6) is 0.450. The normalized spacial score (nSPS) is 12.9. The number of benzene rings is 1. The van der Waals surface area contributed by atoms with E-state index in [1.165, 1.54) is 0 Å². The Labute approximate surface area is 97.4 Å². The largest absolute Gasteiger partial charge is 0.0928 e. The van der Waals surface area contributed by atoms with Crippen LogP contribution >= 0.6 is 39.1 Å². The van der Waals surface area contributed by atoms with Crippen LogP contribution in [0.2, 0.25) is 10.0 Å². The molecule has 0 N–H and O–H groups in total. The van der Waals surface area contributed by atoms with Crippen LogP contribution in [0.15, 0.2) is 18.2 Å². The lowest BCUT2D eigenvalue weighted by Gasteiger charge is -2.12. The van der Waals surface area contributed by atoms with E-state index in [1.807, 2.05) is 18.2 Å². The molecule has 0 saturated carbocycles. The first-order valence-corrected chi connectivity index (χ1v) is 6.04. The first-order valence-electron chi connectivity index (χ1n) is 4.16. The Balaban J connectivity index is 2.93. The van der Waals surface area contributed by atoms with Crippen molar-refractivity contribution in [1.29, 1.82) is 0 Å². The number of rotatable bonds is 3. The van der Waals surface area contributed by atoms with Crippen molar-refractivity contribution in [2.45, 2.75) is 19.3 Å². The van der Waals surface area contributed by atoms with Crippen LogP contribution in [0.5, 0.6) is 0 Å². The summed E-state index contributed by atoms with van der Waals surface area (Å²) < 4.78 is 0. The maximum atomic E-state index is 6.08. The minimum atomic E-state index is 0.450. The van der Waals surface area contributed by atoms with Gasteiger partial charge in [0.2, 0.25) is 0 Å². The summed E-state index contributed by atoms with van der Waals surface area (Å²) in [5, 5.41) is 2.31. The maximum Gasteiger partial charge on any atom is 0.0626 e. The second-order valence-corrected chi connectivity index (χ2v) is 4.60. The number of hydrogen-bond acceptors (Lipinski definition) is 0. The van der Waals surface area contributed by atoms with Gasteiger partial charge in [0.15, 0.2) is 0 Å². The van der Waals surface area contributed by atoms with E-state index in [2.05, 4.69) is 22.9 Å². The molecule has 1 atom stereocenters. The van der Waals surface area contributed by atoms with Gasteiger partial charge in [0.05, 0.1) is 10.0 Å². The van der Waals surface area contributed by atoms with Gasteiger partial charge in [-0.3, -0.25) is 0 Å². The SMILES string of the molecule is CC(CCBr)c1cccc(Cl)c1Cl. The predicted octanol–water partition coefficient (Wildman–Crippen LogP) is 4.88. The molecule has 0 aromatic heterocycles. The van der Waals surface area contributed by atoms with Gasteiger partial charge in [-0.25, -0.2) is 0 Å². The molecule has 0 aliphatic heterocycles. The molecule has 0 fully saturated rings. The molecule has 1 unspecified atom stereocenters. The summed E-state index contributed by atoms with van der Waals surface area (Å²) in [7, 11) is 0. The smallest absolute Gasteiger partial charge is 0.0626 e. The molecule has 0 nitrogen and oxygen atoms in total. The Bertz CT molecular complexity index is 286. The van der Waals surface area contributed by atoms with Crippen molar-refractivity contribution in [3.63, 3.8) is 0 Å². The van der Waals surface area contributed by atoms with Gasteiger partial charge in [0, 0.05) is 5.33 Å². The fraction of sp³-hybridized carbons (Fsp3) is 0.400. The molecule has 0 spiro atoms. The zero-order valence-electron chi connectivity index (χ0n) is 7.36. The molecule has 72 valence electrons. The molecule has 0 amide bonds. The lowest BCUT2D eigenvalue weighted by molar-refractivity contribution is 0.744. The highest BCUT2D eigenvalue weighted by atomic mass is 79.9. The Morgan fingerprint density at radius 2 is 2.08 bits per heavy atom. The quantitative estimate of drug-likeness (QED) is 0.693. The summed E-state index contributed by atoms with van der Waals surface area (Å²) >= 11 is 15.4. The fourth-order valence-corrected chi connectivity index (χ4v) is 2.40. The van der Waals surface area contributed by atoms with Gasteiger partial charge in [-0.05, 0) is 24.0 Å². The lowest BCUT2D eigenvalue weighted by atomic mass is 9.99. The molecule has 0 saturated heterocycles. The molecule has 0 bridgehead atoms. The standard InChI is InChI=1S/C10H11BrCl2/c1-7(5-6-11)8-3-2-4-9(12)10(8)13/h2-4,7H,5-6H2,1H3. The van der Waals surface area contributed by atoms with Gasteiger partial charge in [0.25, 0.3) is 0 Å². The third kappa shape index (κ3) is 2.87. The van der Waals surface area contributed by atoms with Crippen LogP contribution in [0.4, 0.5) is 0 Å². The van der Waals surface area contributed by atoms with Crippen molar-refractivity contribution in [1.82, 2.24) is 0 Å². The number of hydrogen-bond donors (Lipinski definition) is 0. The van der Waals surface area contributed by atoms with E-state index >= 15 is 0 Å². The monoisotopic (exact) mass is 280 g/mol. The van der Waals surface area contributed by atoms with Gasteiger partial charge >= 0.3 is 0 Å². The molecule has 0 heterocycles. The van der Waals surface area contributed by atoms with E-state index in [4.69, 9.17) is 23.2 Å². The van der Waals surface area contributed by atoms with Gasteiger partial charge < -0.3 is 0 Å². The van der Waals surface area contributed by atoms with Crippen molar-refractivity contribution >= 4 is 39.1 Å². The second kappa shape index (κ2) is 5.23. The topological polar surface area (TPSA) is 0 Å². The zero-order valence-corrected chi connectivity index (χ0v) is 10.5. The summed E-state index contributed by atoms with van der Waals surface area (Å²) in [6.07, 6.45) is 1.07. The molecule has 0 aliphatic rings. The molecule has 0 radical (unpaired) electrons. The average molecular weight is 282 g/mol. The van der Waals surface area contributed by atoms with Gasteiger partial charge in [-0.1, -0.05) is 58.2 Å². The third-order valence-electron chi connectivity index (χ3n) is 2.05. The van der Waals surface area contributed by atoms with E-state index < -0.39 is 0 Å². The Kier molecular flexibility index (Phi) is 4.57. The molecule has 13 heavy (non-hydrogen) atoms. The molecule has 1 aromatic rings. The van der Waals surface area contributed by atoms with Crippen LogP contribution in [0, 0.1) is 0 Å². The highest BCUT2D eigenvalue weighted by Gasteiger charge is 2.10. The van der Waals surface area contributed by atoms with Crippen LogP contribution in [0.1, 0.15) is 24.8 Å². The third-order valence-corrected chi connectivity index (χ3v) is 3.35. The van der Waals surface area contributed by atoms with Crippen LogP contribution in [-0.2, 0) is 0 Å². The van der Waals surface area contributed by atoms with Gasteiger partial charge in [0.1, 0.15) is 0 Å². The highest BCUT2D eigenvalue weighted by Crippen LogP contribution is 2.32. The average Bonchev–Trinajstić information content (AvgIpc) is 2.10. The van der Waals surface area contributed by atoms with E-state index in [-0.39, 0.29) is 0 Å². The van der Waals surface area contributed by atoms with E-state index in [1.54, 1.807) is 0 Å². The fourth-order valence-electron chi connectivity index (χ4n) is 1.22. The Morgan fingerprint density at radius 3 is 2.69 bits per heavy atom. The van der Waals surface area contributed by atoms with Crippen LogP contribution in [-0.4, -0.2) is 5.33 Å². The first-order chi connectivity index (χ1) is 6.16. The van der Waals surface area contributed by atoms with Crippen LogP contribution in [0.25, 0.3) is 0 Å². The summed E-state index contributed by atoms with van der Waals surface area (Å²) in [6.45, 7) is 2.15. The first kappa shape index (κ1) is 11.4. The second-order valence-electron chi connectivity index (χ2n) is 3.02. The van der Waals surface area contributed by atoms with Crippen molar-refractivity contribution in [3.05, 3.63) is 33.8 Å². The van der Waals surface area contributed by atoms with Crippen molar-refractivity contribution < 1.29 is 0 Å². The van der Waals surface area contributed by atoms with Crippen molar-refractivity contribution in [2.24, 2.45) is 0 Å². The minimum Gasteiger partial charge on any atom is -0.0928 e. The van der Waals surface area contributed by atoms with Crippen LogP contribution < -0.4 is 0 Å². The summed E-state index contributed by atoms with van der Waals surface area (Å²) in [6, 6.07) is 5.78. The minimum absolute atomic E-state index is 0.450. The molecule has 0 aliphatic carbocycles. The molecular weight excluding hydrogens is 271 g/mol.